The number of hydrogen-bond acceptors (Lipinski definition) is 2. The Labute approximate surface area is 112 Å². The highest BCUT2D eigenvalue weighted by Gasteiger charge is 2.24. The van der Waals surface area contributed by atoms with Crippen molar-refractivity contribution in [3.63, 3.8) is 0 Å². The summed E-state index contributed by atoms with van der Waals surface area (Å²) in [7, 11) is 0. The zero-order valence-corrected chi connectivity index (χ0v) is 10.5. The summed E-state index contributed by atoms with van der Waals surface area (Å²) in [6.07, 6.45) is 0.913. The van der Waals surface area contributed by atoms with Crippen molar-refractivity contribution in [2.45, 2.75) is 13.0 Å². The van der Waals surface area contributed by atoms with Crippen molar-refractivity contribution in [3.05, 3.63) is 65.2 Å². The summed E-state index contributed by atoms with van der Waals surface area (Å²) in [5.74, 6) is 0.0226. The molecule has 1 aliphatic heterocycles. The van der Waals surface area contributed by atoms with Crippen LogP contribution in [0.5, 0.6) is 0 Å². The van der Waals surface area contributed by atoms with E-state index in [1.54, 1.807) is 24.3 Å². The third-order valence-corrected chi connectivity index (χ3v) is 3.52. The molecular weight excluding hydrogens is 238 g/mol. The molecule has 0 radical (unpaired) electrons. The molecule has 0 fully saturated rings. The molecule has 0 unspecified atom stereocenters. The van der Waals surface area contributed by atoms with Crippen LogP contribution in [0.2, 0.25) is 0 Å². The van der Waals surface area contributed by atoms with Crippen LogP contribution in [0.3, 0.4) is 0 Å². The lowest BCUT2D eigenvalue weighted by Crippen LogP contribution is -2.28. The van der Waals surface area contributed by atoms with Gasteiger partial charge in [-0.3, -0.25) is 4.79 Å². The van der Waals surface area contributed by atoms with Crippen LogP contribution in [0.1, 0.15) is 21.5 Å². The van der Waals surface area contributed by atoms with Gasteiger partial charge in [0.1, 0.15) is 0 Å². The van der Waals surface area contributed by atoms with Crippen molar-refractivity contribution in [1.29, 1.82) is 0 Å². The number of amides is 1. The van der Waals surface area contributed by atoms with E-state index in [0.717, 1.165) is 24.2 Å². The number of aliphatic hydroxyl groups is 1. The Bertz CT molecular complexity index is 604. The van der Waals surface area contributed by atoms with Gasteiger partial charge in [-0.25, -0.2) is 0 Å². The predicted octanol–water partition coefficient (Wildman–Crippen LogP) is 2.38. The number of carbonyl (C=O) groups is 1. The fourth-order valence-electron chi connectivity index (χ4n) is 2.46. The molecule has 2 aromatic rings. The van der Waals surface area contributed by atoms with Gasteiger partial charge in [-0.15, -0.1) is 0 Å². The number of hydrogen-bond donors (Lipinski definition) is 1. The molecule has 0 saturated carbocycles. The van der Waals surface area contributed by atoms with Gasteiger partial charge < -0.3 is 10.0 Å². The Morgan fingerprint density at radius 3 is 2.58 bits per heavy atom. The smallest absolute Gasteiger partial charge is 0.258 e. The minimum absolute atomic E-state index is 0.00101. The number of para-hydroxylation sites is 1. The SMILES string of the molecule is O=C(c1ccc(CO)cc1)N1CCc2ccccc21. The standard InChI is InChI=1S/C16H15NO2/c18-11-12-5-7-14(8-6-12)16(19)17-10-9-13-3-1-2-4-15(13)17/h1-8,18H,9-11H2. The Morgan fingerprint density at radius 1 is 1.11 bits per heavy atom. The van der Waals surface area contributed by atoms with E-state index in [2.05, 4.69) is 6.07 Å². The van der Waals surface area contributed by atoms with Gasteiger partial charge >= 0.3 is 0 Å². The van der Waals surface area contributed by atoms with Crippen molar-refractivity contribution in [2.24, 2.45) is 0 Å². The first kappa shape index (κ1) is 11.9. The van der Waals surface area contributed by atoms with Gasteiger partial charge in [0.05, 0.1) is 6.61 Å². The molecule has 0 bridgehead atoms. The lowest BCUT2D eigenvalue weighted by Gasteiger charge is -2.17. The van der Waals surface area contributed by atoms with Crippen LogP contribution in [0, 0.1) is 0 Å². The maximum atomic E-state index is 12.5. The quantitative estimate of drug-likeness (QED) is 0.892. The van der Waals surface area contributed by atoms with Gasteiger partial charge in [-0.2, -0.15) is 0 Å². The number of rotatable bonds is 2. The maximum Gasteiger partial charge on any atom is 0.258 e. The Hall–Kier alpha value is -2.13. The van der Waals surface area contributed by atoms with E-state index in [1.807, 2.05) is 23.1 Å². The van der Waals surface area contributed by atoms with Gasteiger partial charge in [0.2, 0.25) is 0 Å². The summed E-state index contributed by atoms with van der Waals surface area (Å²) < 4.78 is 0. The molecule has 19 heavy (non-hydrogen) atoms. The van der Waals surface area contributed by atoms with Gasteiger partial charge in [-0.1, -0.05) is 30.3 Å². The highest BCUT2D eigenvalue weighted by molar-refractivity contribution is 6.07. The molecule has 1 heterocycles. The molecule has 0 saturated heterocycles. The van der Waals surface area contributed by atoms with Gasteiger partial charge in [-0.05, 0) is 35.7 Å². The summed E-state index contributed by atoms with van der Waals surface area (Å²) >= 11 is 0. The maximum absolute atomic E-state index is 12.5. The number of anilines is 1. The summed E-state index contributed by atoms with van der Waals surface area (Å²) in [6, 6.07) is 15.1. The molecule has 2 aromatic carbocycles. The Morgan fingerprint density at radius 2 is 1.84 bits per heavy atom. The highest BCUT2D eigenvalue weighted by atomic mass is 16.3. The van der Waals surface area contributed by atoms with E-state index in [-0.39, 0.29) is 12.5 Å². The minimum atomic E-state index is 0.00101. The first-order valence-corrected chi connectivity index (χ1v) is 6.39. The third kappa shape index (κ3) is 2.13. The van der Waals surface area contributed by atoms with Gasteiger partial charge in [0, 0.05) is 17.8 Å². The minimum Gasteiger partial charge on any atom is -0.392 e. The fourth-order valence-corrected chi connectivity index (χ4v) is 2.46. The molecule has 0 spiro atoms. The second kappa shape index (κ2) is 4.86. The van der Waals surface area contributed by atoms with Crippen LogP contribution in [0.4, 0.5) is 5.69 Å². The second-order valence-electron chi connectivity index (χ2n) is 4.69. The summed E-state index contributed by atoms with van der Waals surface area (Å²) in [4.78, 5) is 14.3. The summed E-state index contributed by atoms with van der Waals surface area (Å²) in [5.41, 5.74) is 3.72. The molecule has 0 atom stereocenters. The van der Waals surface area contributed by atoms with Crippen LogP contribution in [-0.2, 0) is 13.0 Å². The van der Waals surface area contributed by atoms with E-state index in [4.69, 9.17) is 5.11 Å². The number of nitrogens with zero attached hydrogens (tertiary/aromatic N) is 1. The van der Waals surface area contributed by atoms with E-state index in [9.17, 15) is 4.79 Å². The monoisotopic (exact) mass is 253 g/mol. The van der Waals surface area contributed by atoms with Crippen LogP contribution in [-0.4, -0.2) is 17.6 Å². The molecule has 1 N–H and O–H groups in total. The van der Waals surface area contributed by atoms with Gasteiger partial charge in [0.15, 0.2) is 0 Å². The molecule has 3 nitrogen and oxygen atoms in total. The largest absolute Gasteiger partial charge is 0.392 e. The highest BCUT2D eigenvalue weighted by Crippen LogP contribution is 2.28. The average Bonchev–Trinajstić information content (AvgIpc) is 2.90. The molecule has 96 valence electrons. The molecule has 1 amide bonds. The lowest BCUT2D eigenvalue weighted by atomic mass is 10.1. The Balaban J connectivity index is 1.89. The fraction of sp³-hybridized carbons (Fsp3) is 0.188. The van der Waals surface area contributed by atoms with Crippen LogP contribution < -0.4 is 4.90 Å². The van der Waals surface area contributed by atoms with Crippen molar-refractivity contribution in [1.82, 2.24) is 0 Å². The average molecular weight is 253 g/mol. The van der Waals surface area contributed by atoms with E-state index < -0.39 is 0 Å². The first-order chi connectivity index (χ1) is 9.29. The van der Waals surface area contributed by atoms with Crippen molar-refractivity contribution >= 4 is 11.6 Å². The van der Waals surface area contributed by atoms with Crippen LogP contribution in [0.15, 0.2) is 48.5 Å². The molecule has 0 aromatic heterocycles. The van der Waals surface area contributed by atoms with E-state index in [1.165, 1.54) is 5.56 Å². The summed E-state index contributed by atoms with van der Waals surface area (Å²) in [5, 5.41) is 9.01. The van der Waals surface area contributed by atoms with Crippen molar-refractivity contribution in [2.75, 3.05) is 11.4 Å². The summed E-state index contributed by atoms with van der Waals surface area (Å²) in [6.45, 7) is 0.737. The second-order valence-corrected chi connectivity index (χ2v) is 4.69. The molecule has 1 aliphatic rings. The zero-order valence-electron chi connectivity index (χ0n) is 10.5. The third-order valence-electron chi connectivity index (χ3n) is 3.52. The first-order valence-electron chi connectivity index (χ1n) is 6.39. The predicted molar refractivity (Wildman–Crippen MR) is 74.2 cm³/mol. The Kier molecular flexibility index (Phi) is 3.05. The van der Waals surface area contributed by atoms with E-state index in [0.29, 0.717) is 5.56 Å². The normalized spacial score (nSPS) is 13.4. The number of carbonyl (C=O) groups excluding carboxylic acids is 1. The molecule has 3 rings (SSSR count). The van der Waals surface area contributed by atoms with Crippen LogP contribution >= 0.6 is 0 Å². The zero-order chi connectivity index (χ0) is 13.2. The van der Waals surface area contributed by atoms with Crippen molar-refractivity contribution < 1.29 is 9.90 Å². The van der Waals surface area contributed by atoms with Crippen LogP contribution in [0.25, 0.3) is 0 Å². The number of benzene rings is 2. The van der Waals surface area contributed by atoms with Gasteiger partial charge in [0.25, 0.3) is 5.91 Å². The number of aliphatic hydroxyl groups excluding tert-OH is 1. The molecule has 0 aliphatic carbocycles. The molecular formula is C16H15NO2. The topological polar surface area (TPSA) is 40.5 Å². The van der Waals surface area contributed by atoms with E-state index >= 15 is 0 Å². The number of fused-ring (bicyclic) bond motifs is 1. The lowest BCUT2D eigenvalue weighted by molar-refractivity contribution is 0.0989. The molecule has 3 heteroatoms. The van der Waals surface area contributed by atoms with Crippen molar-refractivity contribution in [3.8, 4) is 0 Å².